The number of benzene rings is 2. The van der Waals surface area contributed by atoms with E-state index >= 15 is 0 Å². The molecule has 3 aliphatic rings. The van der Waals surface area contributed by atoms with Gasteiger partial charge in [-0.15, -0.1) is 0 Å². The van der Waals surface area contributed by atoms with Crippen LogP contribution in [0.2, 0.25) is 0 Å². The van der Waals surface area contributed by atoms with Gasteiger partial charge < -0.3 is 24.8 Å². The molecule has 2 bridgehead atoms. The fourth-order valence-corrected chi connectivity index (χ4v) is 6.74. The van der Waals surface area contributed by atoms with Crippen molar-refractivity contribution in [1.29, 1.82) is 0 Å². The lowest BCUT2D eigenvalue weighted by Crippen LogP contribution is -2.54. The highest BCUT2D eigenvalue weighted by atomic mass is 16.6. The van der Waals surface area contributed by atoms with Gasteiger partial charge in [0, 0.05) is 18.8 Å². The maximum Gasteiger partial charge on any atom is 0.312 e. The van der Waals surface area contributed by atoms with Gasteiger partial charge in [-0.3, -0.25) is 14.4 Å². The van der Waals surface area contributed by atoms with Gasteiger partial charge in [-0.1, -0.05) is 37.3 Å². The predicted octanol–water partition coefficient (Wildman–Crippen LogP) is 3.12. The third-order valence-electron chi connectivity index (χ3n) is 8.43. The molecule has 8 nitrogen and oxygen atoms in total. The summed E-state index contributed by atoms with van der Waals surface area (Å²) in [6.45, 7) is 6.13. The van der Waals surface area contributed by atoms with Gasteiger partial charge in [-0.25, -0.2) is 0 Å². The van der Waals surface area contributed by atoms with Crippen LogP contribution in [0.15, 0.2) is 42.5 Å². The largest absolute Gasteiger partial charge is 0.466 e. The summed E-state index contributed by atoms with van der Waals surface area (Å²) in [5.74, 6) is -2.61. The summed E-state index contributed by atoms with van der Waals surface area (Å²) in [5, 5.41) is 14.4. The number of anilines is 1. The van der Waals surface area contributed by atoms with E-state index in [2.05, 4.69) is 5.32 Å². The third kappa shape index (κ3) is 3.61. The fourth-order valence-electron chi connectivity index (χ4n) is 6.74. The molecule has 8 heteroatoms. The lowest BCUT2D eigenvalue weighted by molar-refractivity contribution is -0.160. The van der Waals surface area contributed by atoms with Crippen molar-refractivity contribution in [2.24, 2.45) is 17.8 Å². The molecule has 0 saturated carbocycles. The first-order valence-electron chi connectivity index (χ1n) is 12.8. The average Bonchev–Trinajstić information content (AvgIpc) is 3.36. The van der Waals surface area contributed by atoms with E-state index in [-0.39, 0.29) is 30.9 Å². The number of hydrogen-bond donors (Lipinski definition) is 2. The molecule has 2 aromatic carbocycles. The van der Waals surface area contributed by atoms with Gasteiger partial charge in [-0.05, 0) is 61.9 Å². The minimum absolute atomic E-state index is 0.00160. The third-order valence-corrected chi connectivity index (χ3v) is 8.43. The molecule has 2 amide bonds. The summed E-state index contributed by atoms with van der Waals surface area (Å²) < 4.78 is 12.0. The first-order valence-corrected chi connectivity index (χ1v) is 12.8. The molecule has 0 aromatic heterocycles. The number of ether oxygens (including phenoxy) is 2. The molecule has 3 saturated heterocycles. The SMILES string of the molecule is CCOC(=O)[C@@H]1[C@H]2C(=O)N(CCCCO)C(C(=O)Nc3ccc4ccccc4c3)C23CC(C)[C@@]1(C)O3. The van der Waals surface area contributed by atoms with E-state index in [4.69, 9.17) is 9.47 Å². The molecule has 3 fully saturated rings. The van der Waals surface area contributed by atoms with Crippen molar-refractivity contribution in [2.45, 2.75) is 57.3 Å². The molecule has 3 heterocycles. The summed E-state index contributed by atoms with van der Waals surface area (Å²) >= 11 is 0. The van der Waals surface area contributed by atoms with Gasteiger partial charge >= 0.3 is 5.97 Å². The van der Waals surface area contributed by atoms with E-state index in [0.717, 1.165) is 10.8 Å². The van der Waals surface area contributed by atoms with E-state index in [1.54, 1.807) is 11.8 Å². The van der Waals surface area contributed by atoms with Crippen LogP contribution in [0.5, 0.6) is 0 Å². The van der Waals surface area contributed by atoms with Crippen LogP contribution >= 0.6 is 0 Å². The number of rotatable bonds is 8. The number of carbonyl (C=O) groups excluding carboxylic acids is 3. The van der Waals surface area contributed by atoms with E-state index in [1.165, 1.54) is 0 Å². The Morgan fingerprint density at radius 2 is 1.94 bits per heavy atom. The minimum Gasteiger partial charge on any atom is -0.466 e. The Balaban J connectivity index is 1.52. The van der Waals surface area contributed by atoms with Gasteiger partial charge in [0.1, 0.15) is 17.6 Å². The van der Waals surface area contributed by atoms with Crippen molar-refractivity contribution in [3.63, 3.8) is 0 Å². The Bertz CT molecular complexity index is 1200. The Morgan fingerprint density at radius 1 is 1.19 bits per heavy atom. The van der Waals surface area contributed by atoms with E-state index in [9.17, 15) is 19.5 Å². The standard InChI is InChI=1S/C28H34N2O6/c1-4-35-26(34)22-21-25(33)30(13-7-8-14-31)23(28(21)16-17(2)27(22,3)36-28)24(32)29-20-12-11-18-9-5-6-10-19(18)15-20/h5-6,9-12,15,17,21-23,31H,4,7-8,13-14,16H2,1-3H3,(H,29,32)/t17?,21-,22-,23?,27+,28?/m0/s1. The van der Waals surface area contributed by atoms with Crippen LogP contribution in [0.3, 0.4) is 0 Å². The van der Waals surface area contributed by atoms with Gasteiger partial charge in [0.2, 0.25) is 11.8 Å². The van der Waals surface area contributed by atoms with Crippen LogP contribution in [-0.2, 0) is 23.9 Å². The highest BCUT2D eigenvalue weighted by Crippen LogP contribution is 2.65. The van der Waals surface area contributed by atoms with E-state index in [0.29, 0.717) is 31.5 Å². The Kier molecular flexibility index (Phi) is 6.29. The van der Waals surface area contributed by atoms with Crippen LogP contribution in [0.4, 0.5) is 5.69 Å². The summed E-state index contributed by atoms with van der Waals surface area (Å²) in [6.07, 6.45) is 1.56. The number of aliphatic hydroxyl groups excluding tert-OH is 1. The van der Waals surface area contributed by atoms with E-state index in [1.807, 2.05) is 56.3 Å². The molecule has 3 unspecified atom stereocenters. The van der Waals surface area contributed by atoms with Gasteiger partial charge in [0.25, 0.3) is 0 Å². The summed E-state index contributed by atoms with van der Waals surface area (Å²) in [7, 11) is 0. The highest BCUT2D eigenvalue weighted by molar-refractivity contribution is 6.04. The lowest BCUT2D eigenvalue weighted by Gasteiger charge is -2.35. The maximum absolute atomic E-state index is 13.9. The van der Waals surface area contributed by atoms with Crippen molar-refractivity contribution < 1.29 is 29.0 Å². The number of fused-ring (bicyclic) bond motifs is 2. The quantitative estimate of drug-likeness (QED) is 0.432. The highest BCUT2D eigenvalue weighted by Gasteiger charge is 2.80. The zero-order chi connectivity index (χ0) is 25.7. The Morgan fingerprint density at radius 3 is 2.67 bits per heavy atom. The second-order valence-corrected chi connectivity index (χ2v) is 10.5. The monoisotopic (exact) mass is 494 g/mol. The number of amides is 2. The Hall–Kier alpha value is -2.97. The number of carbonyl (C=O) groups is 3. The van der Waals surface area contributed by atoms with Crippen molar-refractivity contribution >= 4 is 34.2 Å². The minimum atomic E-state index is -1.11. The predicted molar refractivity (Wildman–Crippen MR) is 134 cm³/mol. The van der Waals surface area contributed by atoms with Gasteiger partial charge in [0.15, 0.2) is 0 Å². The van der Waals surface area contributed by atoms with Gasteiger partial charge in [0.05, 0.1) is 18.1 Å². The first-order chi connectivity index (χ1) is 17.3. The van der Waals surface area contributed by atoms with Crippen LogP contribution in [0.1, 0.15) is 40.0 Å². The van der Waals surface area contributed by atoms with Crippen molar-refractivity contribution in [3.8, 4) is 0 Å². The molecule has 5 rings (SSSR count). The molecule has 3 aliphatic heterocycles. The lowest BCUT2D eigenvalue weighted by atomic mass is 9.62. The zero-order valence-electron chi connectivity index (χ0n) is 21.0. The number of nitrogens with zero attached hydrogens (tertiary/aromatic N) is 1. The normalized spacial score (nSPS) is 32.7. The first kappa shape index (κ1) is 24.7. The molecule has 0 aliphatic carbocycles. The molecule has 6 atom stereocenters. The number of esters is 1. The Labute approximate surface area is 210 Å². The average molecular weight is 495 g/mol. The van der Waals surface area contributed by atoms with E-state index < -0.39 is 35.0 Å². The molecule has 2 aromatic rings. The van der Waals surface area contributed by atoms with Crippen LogP contribution in [-0.4, -0.2) is 64.8 Å². The molecule has 2 N–H and O–H groups in total. The fraction of sp³-hybridized carbons (Fsp3) is 0.536. The summed E-state index contributed by atoms with van der Waals surface area (Å²) in [6, 6.07) is 12.7. The van der Waals surface area contributed by atoms with Gasteiger partial charge in [-0.2, -0.15) is 0 Å². The van der Waals surface area contributed by atoms with Crippen molar-refractivity contribution in [1.82, 2.24) is 4.90 Å². The summed E-state index contributed by atoms with van der Waals surface area (Å²) in [5.41, 5.74) is -1.36. The molecule has 0 radical (unpaired) electrons. The zero-order valence-corrected chi connectivity index (χ0v) is 21.0. The number of hydrogen-bond acceptors (Lipinski definition) is 6. The molecule has 36 heavy (non-hydrogen) atoms. The van der Waals surface area contributed by atoms with Crippen LogP contribution in [0, 0.1) is 17.8 Å². The molecular formula is C28H34N2O6. The van der Waals surface area contributed by atoms with Crippen LogP contribution in [0.25, 0.3) is 10.8 Å². The second-order valence-electron chi connectivity index (χ2n) is 10.5. The van der Waals surface area contributed by atoms with Crippen LogP contribution < -0.4 is 5.32 Å². The van der Waals surface area contributed by atoms with Crippen molar-refractivity contribution in [2.75, 3.05) is 25.1 Å². The maximum atomic E-state index is 13.9. The second kappa shape index (κ2) is 9.16. The van der Waals surface area contributed by atoms with Crippen molar-refractivity contribution in [3.05, 3.63) is 42.5 Å². The molecular weight excluding hydrogens is 460 g/mol. The molecule has 192 valence electrons. The topological polar surface area (TPSA) is 105 Å². The number of aliphatic hydroxyl groups is 1. The number of unbranched alkanes of at least 4 members (excludes halogenated alkanes) is 1. The number of nitrogens with one attached hydrogen (secondary N) is 1. The smallest absolute Gasteiger partial charge is 0.312 e. The number of likely N-dealkylation sites (tertiary alicyclic amines) is 1. The summed E-state index contributed by atoms with van der Waals surface area (Å²) in [4.78, 5) is 42.5. The molecule has 1 spiro atoms.